The van der Waals surface area contributed by atoms with Gasteiger partial charge in [-0.05, 0) is 32.7 Å². The number of unbranched alkanes of at least 4 members (excludes halogenated alkanes) is 2. The standard InChI is InChI=1S/C11H21NO/c1-10(2)7-8-11(13)6-4-3-5-9-12/h1,3-9,12H2,2H3. The molecule has 0 radical (unpaired) electrons. The summed E-state index contributed by atoms with van der Waals surface area (Å²) in [6.45, 7) is 6.46. The van der Waals surface area contributed by atoms with Crippen molar-refractivity contribution in [1.82, 2.24) is 0 Å². The molecule has 2 nitrogen and oxygen atoms in total. The van der Waals surface area contributed by atoms with Gasteiger partial charge in [-0.15, -0.1) is 6.58 Å². The monoisotopic (exact) mass is 183 g/mol. The van der Waals surface area contributed by atoms with Gasteiger partial charge in [0.05, 0.1) is 0 Å². The summed E-state index contributed by atoms with van der Waals surface area (Å²) < 4.78 is 0. The van der Waals surface area contributed by atoms with Gasteiger partial charge in [-0.25, -0.2) is 0 Å². The van der Waals surface area contributed by atoms with Crippen LogP contribution in [0.2, 0.25) is 0 Å². The van der Waals surface area contributed by atoms with Crippen LogP contribution in [-0.4, -0.2) is 12.3 Å². The molecule has 0 aliphatic carbocycles. The van der Waals surface area contributed by atoms with Crippen molar-refractivity contribution in [2.24, 2.45) is 5.73 Å². The maximum Gasteiger partial charge on any atom is 0.133 e. The number of allylic oxidation sites excluding steroid dienone is 1. The van der Waals surface area contributed by atoms with Crippen LogP contribution in [0, 0.1) is 0 Å². The average molecular weight is 183 g/mol. The Kier molecular flexibility index (Phi) is 7.60. The van der Waals surface area contributed by atoms with E-state index in [9.17, 15) is 4.79 Å². The zero-order valence-corrected chi connectivity index (χ0v) is 8.64. The van der Waals surface area contributed by atoms with Gasteiger partial charge in [-0.3, -0.25) is 4.79 Å². The molecule has 13 heavy (non-hydrogen) atoms. The lowest BCUT2D eigenvalue weighted by Gasteiger charge is -2.00. The van der Waals surface area contributed by atoms with Crippen LogP contribution in [0.15, 0.2) is 12.2 Å². The molecular formula is C11H21NO. The normalized spacial score (nSPS) is 10.0. The highest BCUT2D eigenvalue weighted by Crippen LogP contribution is 2.06. The molecule has 0 rings (SSSR count). The van der Waals surface area contributed by atoms with E-state index in [1.165, 1.54) is 0 Å². The van der Waals surface area contributed by atoms with Crippen LogP contribution in [-0.2, 0) is 4.79 Å². The minimum absolute atomic E-state index is 0.361. The average Bonchev–Trinajstić information content (AvgIpc) is 2.09. The molecule has 0 bridgehead atoms. The molecule has 2 N–H and O–H groups in total. The van der Waals surface area contributed by atoms with Crippen molar-refractivity contribution < 1.29 is 4.79 Å². The fourth-order valence-corrected chi connectivity index (χ4v) is 1.12. The van der Waals surface area contributed by atoms with Crippen molar-refractivity contribution >= 4 is 5.78 Å². The fourth-order valence-electron chi connectivity index (χ4n) is 1.12. The number of carbonyl (C=O) groups is 1. The largest absolute Gasteiger partial charge is 0.330 e. The molecule has 0 aliphatic heterocycles. The van der Waals surface area contributed by atoms with Crippen molar-refractivity contribution in [2.75, 3.05) is 6.54 Å². The molecule has 0 aromatic rings. The highest BCUT2D eigenvalue weighted by molar-refractivity contribution is 5.78. The quantitative estimate of drug-likeness (QED) is 0.464. The Hall–Kier alpha value is -0.630. The van der Waals surface area contributed by atoms with Crippen LogP contribution >= 0.6 is 0 Å². The fraction of sp³-hybridized carbons (Fsp3) is 0.727. The predicted octanol–water partition coefficient (Wildman–Crippen LogP) is 2.43. The van der Waals surface area contributed by atoms with Gasteiger partial charge < -0.3 is 5.73 Å². The predicted molar refractivity (Wildman–Crippen MR) is 56.6 cm³/mol. The number of carbonyl (C=O) groups excluding carboxylic acids is 1. The molecule has 0 spiro atoms. The number of Topliss-reactive ketones (excluding diaryl/α,β-unsaturated/α-hetero) is 1. The highest BCUT2D eigenvalue weighted by atomic mass is 16.1. The van der Waals surface area contributed by atoms with Crippen molar-refractivity contribution in [3.8, 4) is 0 Å². The maximum absolute atomic E-state index is 11.2. The van der Waals surface area contributed by atoms with Crippen molar-refractivity contribution in [2.45, 2.75) is 45.4 Å². The summed E-state index contributed by atoms with van der Waals surface area (Å²) in [6, 6.07) is 0. The second kappa shape index (κ2) is 7.99. The molecule has 0 atom stereocenters. The number of ketones is 1. The molecule has 0 unspecified atom stereocenters. The second-order valence-corrected chi connectivity index (χ2v) is 3.60. The van der Waals surface area contributed by atoms with Crippen molar-refractivity contribution in [3.05, 3.63) is 12.2 Å². The Labute approximate surface area is 81.2 Å². The van der Waals surface area contributed by atoms with E-state index in [2.05, 4.69) is 6.58 Å². The van der Waals surface area contributed by atoms with E-state index < -0.39 is 0 Å². The van der Waals surface area contributed by atoms with E-state index in [4.69, 9.17) is 5.73 Å². The van der Waals surface area contributed by atoms with Crippen LogP contribution in [0.3, 0.4) is 0 Å². The first-order chi connectivity index (χ1) is 6.16. The summed E-state index contributed by atoms with van der Waals surface area (Å²) in [7, 11) is 0. The molecule has 0 aromatic heterocycles. The summed E-state index contributed by atoms with van der Waals surface area (Å²) in [6.07, 6.45) is 5.33. The Morgan fingerprint density at radius 1 is 1.15 bits per heavy atom. The first-order valence-electron chi connectivity index (χ1n) is 5.03. The molecule has 0 heterocycles. The van der Waals surface area contributed by atoms with Crippen LogP contribution in [0.5, 0.6) is 0 Å². The van der Waals surface area contributed by atoms with Crippen LogP contribution < -0.4 is 5.73 Å². The van der Waals surface area contributed by atoms with Gasteiger partial charge in [0.1, 0.15) is 5.78 Å². The molecule has 0 aromatic carbocycles. The smallest absolute Gasteiger partial charge is 0.133 e. The summed E-state index contributed by atoms with van der Waals surface area (Å²) in [5, 5.41) is 0. The maximum atomic E-state index is 11.2. The zero-order valence-electron chi connectivity index (χ0n) is 8.64. The lowest BCUT2D eigenvalue weighted by molar-refractivity contribution is -0.119. The van der Waals surface area contributed by atoms with Gasteiger partial charge in [-0.2, -0.15) is 0 Å². The molecule has 0 saturated carbocycles. The van der Waals surface area contributed by atoms with Crippen LogP contribution in [0.25, 0.3) is 0 Å². The summed E-state index contributed by atoms with van der Waals surface area (Å²) >= 11 is 0. The number of hydrogen-bond donors (Lipinski definition) is 1. The number of nitrogens with two attached hydrogens (primary N) is 1. The van der Waals surface area contributed by atoms with E-state index in [1.54, 1.807) is 0 Å². The lowest BCUT2D eigenvalue weighted by Crippen LogP contribution is -2.00. The summed E-state index contributed by atoms with van der Waals surface area (Å²) in [5.74, 6) is 0.361. The zero-order chi connectivity index (χ0) is 10.1. The van der Waals surface area contributed by atoms with E-state index in [-0.39, 0.29) is 0 Å². The topological polar surface area (TPSA) is 43.1 Å². The summed E-state index contributed by atoms with van der Waals surface area (Å²) in [5.41, 5.74) is 6.44. The van der Waals surface area contributed by atoms with E-state index in [0.717, 1.165) is 37.8 Å². The van der Waals surface area contributed by atoms with Gasteiger partial charge in [0.25, 0.3) is 0 Å². The van der Waals surface area contributed by atoms with Crippen LogP contribution in [0.1, 0.15) is 45.4 Å². The lowest BCUT2D eigenvalue weighted by atomic mass is 10.1. The van der Waals surface area contributed by atoms with Crippen LogP contribution in [0.4, 0.5) is 0 Å². The molecule has 76 valence electrons. The molecule has 0 fully saturated rings. The Morgan fingerprint density at radius 3 is 2.38 bits per heavy atom. The molecule has 0 saturated heterocycles. The minimum atomic E-state index is 0.361. The van der Waals surface area contributed by atoms with Gasteiger partial charge in [-0.1, -0.05) is 12.0 Å². The molecule has 2 heteroatoms. The van der Waals surface area contributed by atoms with Gasteiger partial charge in [0.2, 0.25) is 0 Å². The first-order valence-corrected chi connectivity index (χ1v) is 5.03. The van der Waals surface area contributed by atoms with E-state index in [0.29, 0.717) is 18.6 Å². The second-order valence-electron chi connectivity index (χ2n) is 3.60. The Balaban J connectivity index is 3.25. The Bertz CT molecular complexity index is 163. The van der Waals surface area contributed by atoms with Gasteiger partial charge in [0.15, 0.2) is 0 Å². The molecule has 0 aliphatic rings. The van der Waals surface area contributed by atoms with Gasteiger partial charge in [0, 0.05) is 12.8 Å². The molecule has 0 amide bonds. The highest BCUT2D eigenvalue weighted by Gasteiger charge is 2.00. The number of hydrogen-bond acceptors (Lipinski definition) is 2. The van der Waals surface area contributed by atoms with Crippen molar-refractivity contribution in [3.63, 3.8) is 0 Å². The van der Waals surface area contributed by atoms with E-state index in [1.807, 2.05) is 6.92 Å². The minimum Gasteiger partial charge on any atom is -0.330 e. The first kappa shape index (κ1) is 12.4. The third kappa shape index (κ3) is 9.28. The van der Waals surface area contributed by atoms with E-state index >= 15 is 0 Å². The van der Waals surface area contributed by atoms with Gasteiger partial charge >= 0.3 is 0 Å². The van der Waals surface area contributed by atoms with Crippen molar-refractivity contribution in [1.29, 1.82) is 0 Å². The molecular weight excluding hydrogens is 162 g/mol. The summed E-state index contributed by atoms with van der Waals surface area (Å²) in [4.78, 5) is 11.2. The Morgan fingerprint density at radius 2 is 1.85 bits per heavy atom. The third-order valence-electron chi connectivity index (χ3n) is 1.99. The SMILES string of the molecule is C=C(C)CCC(=O)CCCCCN. The number of rotatable bonds is 8. The third-order valence-corrected chi connectivity index (χ3v) is 1.99.